The summed E-state index contributed by atoms with van der Waals surface area (Å²) in [7, 11) is -0.294. The molecule has 8 heteroatoms. The van der Waals surface area contributed by atoms with Gasteiger partial charge in [0.15, 0.2) is 0 Å². The number of nitrogens with one attached hydrogen (secondary N) is 2. The minimum atomic E-state index is -3.46. The Morgan fingerprint density at radius 2 is 2.20 bits per heavy atom. The Bertz CT molecular complexity index is 369. The van der Waals surface area contributed by atoms with Crippen LogP contribution in [-0.4, -0.2) is 71.9 Å². The van der Waals surface area contributed by atoms with E-state index >= 15 is 0 Å². The average Bonchev–Trinajstić information content (AvgIpc) is 2.91. The average molecular weight is 309 g/mol. The quantitative estimate of drug-likeness (QED) is 0.535. The molecule has 0 aliphatic carbocycles. The van der Waals surface area contributed by atoms with E-state index in [9.17, 15) is 8.42 Å². The molecular formula is C12H27N3O4S. The van der Waals surface area contributed by atoms with E-state index in [-0.39, 0.29) is 6.54 Å². The highest BCUT2D eigenvalue weighted by molar-refractivity contribution is 7.87. The third kappa shape index (κ3) is 5.27. The molecule has 1 saturated heterocycles. The van der Waals surface area contributed by atoms with Gasteiger partial charge in [-0.3, -0.25) is 0 Å². The van der Waals surface area contributed by atoms with Gasteiger partial charge in [0, 0.05) is 40.3 Å². The van der Waals surface area contributed by atoms with Crippen molar-refractivity contribution in [1.82, 2.24) is 14.3 Å². The second-order valence-electron chi connectivity index (χ2n) is 5.04. The molecule has 0 spiro atoms. The summed E-state index contributed by atoms with van der Waals surface area (Å²) in [5.41, 5.74) is -0.530. The predicted octanol–water partition coefficient (Wildman–Crippen LogP) is -0.442. The van der Waals surface area contributed by atoms with E-state index in [2.05, 4.69) is 10.0 Å². The van der Waals surface area contributed by atoms with Crippen molar-refractivity contribution in [2.75, 3.05) is 53.6 Å². The maximum Gasteiger partial charge on any atom is 0.279 e. The largest absolute Gasteiger partial charge is 0.378 e. The Hall–Kier alpha value is -0.250. The number of hydrogen-bond donors (Lipinski definition) is 2. The lowest BCUT2D eigenvalue weighted by atomic mass is 10.0. The van der Waals surface area contributed by atoms with Gasteiger partial charge in [-0.25, -0.2) is 0 Å². The first kappa shape index (κ1) is 17.8. The van der Waals surface area contributed by atoms with Crippen molar-refractivity contribution in [1.29, 1.82) is 0 Å². The van der Waals surface area contributed by atoms with Crippen LogP contribution in [0.25, 0.3) is 0 Å². The molecule has 0 aromatic heterocycles. The zero-order valence-electron chi connectivity index (χ0n) is 12.6. The van der Waals surface area contributed by atoms with E-state index in [1.165, 1.54) is 4.31 Å². The van der Waals surface area contributed by atoms with Gasteiger partial charge in [0.25, 0.3) is 10.2 Å². The third-order valence-electron chi connectivity index (χ3n) is 3.56. The summed E-state index contributed by atoms with van der Waals surface area (Å²) >= 11 is 0. The van der Waals surface area contributed by atoms with E-state index in [0.717, 1.165) is 19.5 Å². The van der Waals surface area contributed by atoms with Crippen molar-refractivity contribution < 1.29 is 17.9 Å². The molecule has 0 aromatic rings. The molecule has 1 fully saturated rings. The number of methoxy groups -OCH3 is 1. The molecule has 7 nitrogen and oxygen atoms in total. The molecule has 120 valence electrons. The molecule has 0 bridgehead atoms. The van der Waals surface area contributed by atoms with E-state index in [1.54, 1.807) is 14.2 Å². The number of hydrogen-bond acceptors (Lipinski definition) is 5. The van der Waals surface area contributed by atoms with Gasteiger partial charge in [0.05, 0.1) is 6.61 Å². The van der Waals surface area contributed by atoms with Crippen molar-refractivity contribution in [3.8, 4) is 0 Å². The lowest BCUT2D eigenvalue weighted by Crippen LogP contribution is -2.48. The van der Waals surface area contributed by atoms with Gasteiger partial charge in [0.1, 0.15) is 5.60 Å². The van der Waals surface area contributed by atoms with Gasteiger partial charge in [-0.2, -0.15) is 17.4 Å². The van der Waals surface area contributed by atoms with Crippen molar-refractivity contribution >= 4 is 10.2 Å². The summed E-state index contributed by atoms with van der Waals surface area (Å²) in [6.45, 7) is 5.49. The molecule has 1 aliphatic rings. The van der Waals surface area contributed by atoms with Crippen molar-refractivity contribution in [2.45, 2.75) is 25.4 Å². The van der Waals surface area contributed by atoms with Gasteiger partial charge < -0.3 is 14.8 Å². The second-order valence-corrected chi connectivity index (χ2v) is 6.91. The minimum absolute atomic E-state index is 0.239. The zero-order valence-corrected chi connectivity index (χ0v) is 13.5. The first-order valence-electron chi connectivity index (χ1n) is 7.00. The van der Waals surface area contributed by atoms with Crippen LogP contribution >= 0.6 is 0 Å². The molecule has 1 aliphatic heterocycles. The molecular weight excluding hydrogens is 282 g/mol. The van der Waals surface area contributed by atoms with E-state index in [0.29, 0.717) is 26.2 Å². The molecule has 0 radical (unpaired) electrons. The summed E-state index contributed by atoms with van der Waals surface area (Å²) < 4.78 is 38.9. The van der Waals surface area contributed by atoms with Gasteiger partial charge in [-0.1, -0.05) is 6.92 Å². The van der Waals surface area contributed by atoms with E-state index in [4.69, 9.17) is 9.47 Å². The highest BCUT2D eigenvalue weighted by Crippen LogP contribution is 2.21. The smallest absolute Gasteiger partial charge is 0.279 e. The topological polar surface area (TPSA) is 79.9 Å². The molecule has 20 heavy (non-hydrogen) atoms. The highest BCUT2D eigenvalue weighted by atomic mass is 32.2. The van der Waals surface area contributed by atoms with Crippen molar-refractivity contribution in [3.63, 3.8) is 0 Å². The van der Waals surface area contributed by atoms with Crippen LogP contribution in [0.2, 0.25) is 0 Å². The summed E-state index contributed by atoms with van der Waals surface area (Å²) in [6, 6.07) is 0. The summed E-state index contributed by atoms with van der Waals surface area (Å²) in [5, 5.41) is 3.17. The normalized spacial score (nSPS) is 23.6. The van der Waals surface area contributed by atoms with E-state index < -0.39 is 15.8 Å². The fraction of sp³-hybridized carbons (Fsp3) is 1.00. The predicted molar refractivity (Wildman–Crippen MR) is 77.9 cm³/mol. The second kappa shape index (κ2) is 8.26. The third-order valence-corrected chi connectivity index (χ3v) is 5.08. The SMILES string of the molecule is CCNCCCN(C)S(=O)(=O)NCC1(OC)CCOC1. The van der Waals surface area contributed by atoms with Crippen molar-refractivity contribution in [2.24, 2.45) is 0 Å². The molecule has 1 atom stereocenters. The van der Waals surface area contributed by atoms with Crippen LogP contribution in [0, 0.1) is 0 Å². The van der Waals surface area contributed by atoms with Crippen LogP contribution in [0.1, 0.15) is 19.8 Å². The zero-order chi connectivity index (χ0) is 15.1. The standard InChI is InChI=1S/C12H27N3O4S/c1-4-13-7-5-8-15(2)20(16,17)14-10-12(18-3)6-9-19-11-12/h13-14H,4-11H2,1-3H3. The molecule has 1 heterocycles. The Kier molecular flexibility index (Phi) is 7.35. The van der Waals surface area contributed by atoms with Crippen LogP contribution in [0.4, 0.5) is 0 Å². The fourth-order valence-corrected chi connectivity index (χ4v) is 3.05. The van der Waals surface area contributed by atoms with Crippen LogP contribution in [0.15, 0.2) is 0 Å². The number of rotatable bonds is 10. The highest BCUT2D eigenvalue weighted by Gasteiger charge is 2.36. The summed E-state index contributed by atoms with van der Waals surface area (Å²) in [4.78, 5) is 0. The van der Waals surface area contributed by atoms with Crippen molar-refractivity contribution in [3.05, 3.63) is 0 Å². The van der Waals surface area contributed by atoms with Gasteiger partial charge >= 0.3 is 0 Å². The maximum absolute atomic E-state index is 12.1. The Morgan fingerprint density at radius 3 is 2.75 bits per heavy atom. The lowest BCUT2D eigenvalue weighted by Gasteiger charge is -2.27. The van der Waals surface area contributed by atoms with Gasteiger partial charge in [-0.05, 0) is 19.5 Å². The van der Waals surface area contributed by atoms with Gasteiger partial charge in [0.2, 0.25) is 0 Å². The molecule has 0 amide bonds. The molecule has 0 saturated carbocycles. The van der Waals surface area contributed by atoms with Crippen LogP contribution < -0.4 is 10.0 Å². The Balaban J connectivity index is 2.39. The van der Waals surface area contributed by atoms with Crippen LogP contribution in [0.5, 0.6) is 0 Å². The molecule has 0 aromatic carbocycles. The first-order chi connectivity index (χ1) is 9.46. The van der Waals surface area contributed by atoms with Gasteiger partial charge in [-0.15, -0.1) is 0 Å². The summed E-state index contributed by atoms with van der Waals surface area (Å²) in [6.07, 6.45) is 1.49. The van der Waals surface area contributed by atoms with Crippen LogP contribution in [-0.2, 0) is 19.7 Å². The first-order valence-corrected chi connectivity index (χ1v) is 8.44. The number of ether oxygens (including phenoxy) is 2. The summed E-state index contributed by atoms with van der Waals surface area (Å²) in [5.74, 6) is 0. The monoisotopic (exact) mass is 309 g/mol. The lowest BCUT2D eigenvalue weighted by molar-refractivity contribution is -0.0122. The van der Waals surface area contributed by atoms with Crippen LogP contribution in [0.3, 0.4) is 0 Å². The number of nitrogens with zero attached hydrogens (tertiary/aromatic N) is 1. The Morgan fingerprint density at radius 1 is 1.45 bits per heavy atom. The van der Waals surface area contributed by atoms with E-state index in [1.807, 2.05) is 6.92 Å². The molecule has 1 rings (SSSR count). The molecule has 1 unspecified atom stereocenters. The minimum Gasteiger partial charge on any atom is -0.378 e. The Labute approximate surface area is 122 Å². The molecule has 2 N–H and O–H groups in total. The maximum atomic E-state index is 12.1. The fourth-order valence-electron chi connectivity index (χ4n) is 2.02.